The van der Waals surface area contributed by atoms with E-state index >= 15 is 0 Å². The molecule has 5 heteroatoms. The molecular weight excluding hydrogens is 998 g/mol. The first-order valence-electron chi connectivity index (χ1n) is 23.4. The van der Waals surface area contributed by atoms with Gasteiger partial charge in [0.15, 0.2) is 0 Å². The van der Waals surface area contributed by atoms with Crippen LogP contribution in [0.1, 0.15) is 90.5 Å². The van der Waals surface area contributed by atoms with E-state index in [2.05, 4.69) is 201 Å². The summed E-state index contributed by atoms with van der Waals surface area (Å²) in [7, 11) is 3.95. The Morgan fingerprint density at radius 3 is 1.94 bits per heavy atom. The predicted octanol–water partition coefficient (Wildman–Crippen LogP) is 16.7. The quantitative estimate of drug-likeness (QED) is 0.135. The van der Waals surface area contributed by atoms with Crippen LogP contribution < -0.4 is 4.74 Å². The maximum absolute atomic E-state index is 8.53. The van der Waals surface area contributed by atoms with E-state index in [0.717, 1.165) is 101 Å². The Labute approximate surface area is 413 Å². The fourth-order valence-electron chi connectivity index (χ4n) is 9.03. The number of ether oxygens (including phenoxy) is 1. The predicted molar refractivity (Wildman–Crippen MR) is 277 cm³/mol. The van der Waals surface area contributed by atoms with Crippen molar-refractivity contribution in [2.75, 3.05) is 0 Å². The van der Waals surface area contributed by atoms with Gasteiger partial charge < -0.3 is 4.74 Å². The van der Waals surface area contributed by atoms with Crippen molar-refractivity contribution in [1.82, 2.24) is 14.5 Å². The molecule has 0 aliphatic rings. The van der Waals surface area contributed by atoms with Crippen molar-refractivity contribution in [2.24, 2.45) is 0 Å². The molecule has 0 saturated heterocycles. The average molecular weight is 1060 g/mol. The van der Waals surface area contributed by atoms with Gasteiger partial charge in [-0.15, -0.1) is 23.8 Å². The van der Waals surface area contributed by atoms with Gasteiger partial charge in [-0.25, -0.2) is 4.98 Å². The molecule has 0 atom stereocenters. The van der Waals surface area contributed by atoms with Crippen molar-refractivity contribution in [2.45, 2.75) is 86.0 Å². The van der Waals surface area contributed by atoms with Gasteiger partial charge in [0.25, 0.3) is 0 Å². The summed E-state index contributed by atoms with van der Waals surface area (Å²) in [6.45, 7) is 21.6. The molecule has 0 spiro atoms. The zero-order valence-corrected chi connectivity index (χ0v) is 42.6. The van der Waals surface area contributed by atoms with Gasteiger partial charge in [0.2, 0.25) is 0 Å². The van der Waals surface area contributed by atoms with Crippen LogP contribution in [-0.2, 0) is 31.9 Å². The zero-order valence-electron chi connectivity index (χ0n) is 41.3. The second-order valence-corrected chi connectivity index (χ2v) is 19.9. The van der Waals surface area contributed by atoms with Crippen LogP contribution in [0.15, 0.2) is 158 Å². The third kappa shape index (κ3) is 9.47. The molecule has 0 aliphatic heterocycles. The Morgan fingerprint density at radius 2 is 1.27 bits per heavy atom. The molecule has 67 heavy (non-hydrogen) atoms. The summed E-state index contributed by atoms with van der Waals surface area (Å²) in [5.41, 5.74) is 19.2. The van der Waals surface area contributed by atoms with Crippen molar-refractivity contribution < 1.29 is 27.2 Å². The molecule has 4 nitrogen and oxygen atoms in total. The SMILES string of the molecule is [2H]C(C)(C)c1ccc(-c2ccnc(-c3[c-]c(-c4cccc5c4nc(-c4cc(C)cc(C)c4O[CH2-])n5-c4cc(C(C)(C)C)ccc4-c4ccc(C(C)(C)C)cc4)cc(-c4ccccc4)c3)c2)cc1.[Pt+2]. The van der Waals surface area contributed by atoms with E-state index in [4.69, 9.17) is 16.1 Å². The monoisotopic (exact) mass is 1060 g/mol. The Balaban J connectivity index is 0.00000625. The molecule has 0 N–H and O–H groups in total. The number of nitrogens with zero attached hydrogens (tertiary/aromatic N) is 3. The minimum Gasteiger partial charge on any atom is -0.665 e. The number of hydrogen-bond donors (Lipinski definition) is 0. The molecule has 0 unspecified atom stereocenters. The standard InChI is InChI=1S/C62H59N3O.Pt/c1-39(2)42-20-22-44(23-21-42)46-30-31-63-55(37-46)49-35-47(43-16-13-12-14-17-43)34-48(36-49)53-18-15-19-56-58(53)64-60(54-33-40(3)32-41(4)59(54)66-11)65(56)57-38-51(62(8,9)10)28-29-52(57)45-24-26-50(27-25-45)61(5,6)7;/h12-35,37-39H,11H2,1-10H3;/q-2;+2/i39D;. The minimum absolute atomic E-state index is 0. The van der Waals surface area contributed by atoms with Crippen LogP contribution in [-0.4, -0.2) is 14.5 Å². The molecule has 0 saturated carbocycles. The number of fused-ring (bicyclic) bond motifs is 1. The Morgan fingerprint density at radius 1 is 0.612 bits per heavy atom. The van der Waals surface area contributed by atoms with Gasteiger partial charge >= 0.3 is 21.1 Å². The summed E-state index contributed by atoms with van der Waals surface area (Å²) in [6, 6.07) is 57.9. The molecule has 0 aliphatic carbocycles. The molecule has 2 heterocycles. The van der Waals surface area contributed by atoms with Crippen molar-refractivity contribution in [3.63, 3.8) is 0 Å². The summed E-state index contributed by atoms with van der Waals surface area (Å²) in [6.07, 6.45) is 1.87. The molecule has 0 amide bonds. The van der Waals surface area contributed by atoms with Gasteiger partial charge in [0.1, 0.15) is 5.82 Å². The largest absolute Gasteiger partial charge is 2.00 e. The number of imidazole rings is 1. The number of aromatic nitrogens is 3. The van der Waals surface area contributed by atoms with E-state index in [1.807, 2.05) is 44.3 Å². The fourth-order valence-corrected chi connectivity index (χ4v) is 9.03. The molecule has 9 rings (SSSR count). The van der Waals surface area contributed by atoms with Gasteiger partial charge in [0.05, 0.1) is 28.0 Å². The molecule has 338 valence electrons. The fraction of sp³-hybridized carbons (Fsp3) is 0.210. The van der Waals surface area contributed by atoms with Crippen LogP contribution in [0.25, 0.3) is 83.9 Å². The van der Waals surface area contributed by atoms with Gasteiger partial charge in [-0.3, -0.25) is 9.55 Å². The van der Waals surface area contributed by atoms with Crippen LogP contribution in [0.3, 0.4) is 0 Å². The maximum Gasteiger partial charge on any atom is 2.00 e. The summed E-state index contributed by atoms with van der Waals surface area (Å²) < 4.78 is 16.9. The normalized spacial score (nSPS) is 12.2. The third-order valence-corrected chi connectivity index (χ3v) is 12.8. The summed E-state index contributed by atoms with van der Waals surface area (Å²) in [5.74, 6) is 0.778. The smallest absolute Gasteiger partial charge is 0.665 e. The molecule has 0 fully saturated rings. The van der Waals surface area contributed by atoms with Gasteiger partial charge in [-0.05, 0) is 105 Å². The van der Waals surface area contributed by atoms with E-state index in [1.165, 1.54) is 11.1 Å². The van der Waals surface area contributed by atoms with Crippen LogP contribution in [0, 0.1) is 27.0 Å². The number of hydrogen-bond acceptors (Lipinski definition) is 3. The van der Waals surface area contributed by atoms with Gasteiger partial charge in [-0.1, -0.05) is 187 Å². The number of rotatable bonds is 9. The maximum atomic E-state index is 8.53. The summed E-state index contributed by atoms with van der Waals surface area (Å²) >= 11 is 0. The summed E-state index contributed by atoms with van der Waals surface area (Å²) in [5, 5.41) is 0. The number of aryl methyl sites for hydroxylation is 2. The third-order valence-electron chi connectivity index (χ3n) is 12.8. The Kier molecular flexibility index (Phi) is 12.8. The Bertz CT molecular complexity index is 3280. The van der Waals surface area contributed by atoms with Gasteiger partial charge in [-0.2, -0.15) is 7.11 Å². The molecule has 0 bridgehead atoms. The molecule has 0 radical (unpaired) electrons. The van der Waals surface area contributed by atoms with Crippen LogP contribution in [0.5, 0.6) is 5.75 Å². The second-order valence-electron chi connectivity index (χ2n) is 19.9. The van der Waals surface area contributed by atoms with Crippen molar-refractivity contribution in [3.8, 4) is 78.6 Å². The Hall–Kier alpha value is -6.35. The molecule has 9 aromatic rings. The second kappa shape index (κ2) is 18.7. The topological polar surface area (TPSA) is 39.9 Å². The number of pyridine rings is 1. The zero-order chi connectivity index (χ0) is 47.4. The first-order valence-corrected chi connectivity index (χ1v) is 22.9. The van der Waals surface area contributed by atoms with Gasteiger partial charge in [0, 0.05) is 18.8 Å². The molecular formula is C62H59N3OPt. The van der Waals surface area contributed by atoms with E-state index in [-0.39, 0.29) is 31.9 Å². The molecule has 7 aromatic carbocycles. The van der Waals surface area contributed by atoms with E-state index in [0.29, 0.717) is 5.75 Å². The minimum atomic E-state index is -0.677. The first kappa shape index (κ1) is 45.8. The average Bonchev–Trinajstić information content (AvgIpc) is 3.70. The number of para-hydroxylation sites is 1. The van der Waals surface area contributed by atoms with Crippen molar-refractivity contribution in [3.05, 3.63) is 199 Å². The van der Waals surface area contributed by atoms with E-state index in [9.17, 15) is 0 Å². The van der Waals surface area contributed by atoms with Crippen molar-refractivity contribution >= 4 is 11.0 Å². The van der Waals surface area contributed by atoms with Crippen LogP contribution in [0.2, 0.25) is 0 Å². The first-order chi connectivity index (χ1) is 31.9. The van der Waals surface area contributed by atoms with Crippen LogP contribution >= 0.6 is 0 Å². The van der Waals surface area contributed by atoms with Crippen LogP contribution in [0.4, 0.5) is 0 Å². The summed E-state index contributed by atoms with van der Waals surface area (Å²) in [4.78, 5) is 10.6. The number of benzene rings is 7. The molecule has 2 aromatic heterocycles. The van der Waals surface area contributed by atoms with E-state index < -0.39 is 5.89 Å². The van der Waals surface area contributed by atoms with E-state index in [1.54, 1.807) is 0 Å². The van der Waals surface area contributed by atoms with Crippen molar-refractivity contribution in [1.29, 1.82) is 0 Å².